The van der Waals surface area contributed by atoms with Gasteiger partial charge in [0.2, 0.25) is 0 Å². The van der Waals surface area contributed by atoms with E-state index in [4.69, 9.17) is 10.2 Å². The first-order valence-corrected chi connectivity index (χ1v) is 5.07. The summed E-state index contributed by atoms with van der Waals surface area (Å²) in [5.41, 5.74) is 0. The Morgan fingerprint density at radius 2 is 1.92 bits per heavy atom. The minimum atomic E-state index is -1.38. The van der Waals surface area contributed by atoms with Crippen molar-refractivity contribution in [3.8, 4) is 0 Å². The molecule has 2 atom stereocenters. The molecule has 0 aromatic carbocycles. The lowest BCUT2D eigenvalue weighted by molar-refractivity contribution is -0.135. The summed E-state index contributed by atoms with van der Waals surface area (Å²) >= 11 is 1.53. The number of rotatable bonds is 6. The molecular weight excluding hydrogens is 180 g/mol. The SMILES string of the molecule is COC(O)C(CSC)CC(O)O. The first kappa shape index (κ1) is 12.2. The third-order valence-corrected chi connectivity index (χ3v) is 2.30. The summed E-state index contributed by atoms with van der Waals surface area (Å²) in [5.74, 6) is 0.414. The summed E-state index contributed by atoms with van der Waals surface area (Å²) in [4.78, 5) is 0. The maximum absolute atomic E-state index is 9.24. The van der Waals surface area contributed by atoms with Gasteiger partial charge in [-0.1, -0.05) is 0 Å². The van der Waals surface area contributed by atoms with Gasteiger partial charge < -0.3 is 20.1 Å². The molecule has 74 valence electrons. The third kappa shape index (κ3) is 4.95. The fourth-order valence-electron chi connectivity index (χ4n) is 0.944. The number of aliphatic hydroxyl groups excluding tert-OH is 2. The van der Waals surface area contributed by atoms with Crippen LogP contribution in [0.3, 0.4) is 0 Å². The van der Waals surface area contributed by atoms with Gasteiger partial charge in [0, 0.05) is 25.2 Å². The molecule has 0 aliphatic heterocycles. The molecule has 0 spiro atoms. The van der Waals surface area contributed by atoms with Gasteiger partial charge in [-0.05, 0) is 6.26 Å². The molecule has 0 saturated heterocycles. The van der Waals surface area contributed by atoms with Crippen LogP contribution in [0.25, 0.3) is 0 Å². The van der Waals surface area contributed by atoms with Crippen LogP contribution < -0.4 is 0 Å². The number of methoxy groups -OCH3 is 1. The number of hydrogen-bond acceptors (Lipinski definition) is 5. The Kier molecular flexibility index (Phi) is 6.78. The van der Waals surface area contributed by atoms with Crippen molar-refractivity contribution >= 4 is 11.8 Å². The Morgan fingerprint density at radius 1 is 1.33 bits per heavy atom. The summed E-state index contributed by atoms with van der Waals surface area (Å²) in [6.07, 6.45) is -0.277. The maximum atomic E-state index is 9.24. The summed E-state index contributed by atoms with van der Waals surface area (Å²) in [5, 5.41) is 26.6. The van der Waals surface area contributed by atoms with E-state index in [0.717, 1.165) is 0 Å². The fraction of sp³-hybridized carbons (Fsp3) is 1.00. The second-order valence-corrected chi connectivity index (χ2v) is 3.47. The topological polar surface area (TPSA) is 69.9 Å². The largest absolute Gasteiger partial charge is 0.368 e. The Morgan fingerprint density at radius 3 is 2.25 bits per heavy atom. The summed E-state index contributed by atoms with van der Waals surface area (Å²) < 4.78 is 4.69. The average Bonchev–Trinajstić information content (AvgIpc) is 2.01. The molecule has 0 heterocycles. The predicted molar refractivity (Wildman–Crippen MR) is 47.7 cm³/mol. The third-order valence-electron chi connectivity index (χ3n) is 1.54. The molecule has 0 aromatic rings. The number of thioether (sulfide) groups is 1. The van der Waals surface area contributed by atoms with E-state index in [9.17, 15) is 5.11 Å². The van der Waals surface area contributed by atoms with Gasteiger partial charge in [-0.15, -0.1) is 0 Å². The minimum Gasteiger partial charge on any atom is -0.368 e. The molecule has 0 fully saturated rings. The first-order valence-electron chi connectivity index (χ1n) is 3.67. The van der Waals surface area contributed by atoms with Crippen molar-refractivity contribution in [1.82, 2.24) is 0 Å². The highest BCUT2D eigenvalue weighted by atomic mass is 32.2. The van der Waals surface area contributed by atoms with Crippen LogP contribution in [0, 0.1) is 5.92 Å². The van der Waals surface area contributed by atoms with Crippen LogP contribution in [-0.4, -0.2) is 47.0 Å². The molecule has 0 amide bonds. The van der Waals surface area contributed by atoms with Crippen LogP contribution >= 0.6 is 11.8 Å². The molecule has 0 rings (SSSR count). The average molecular weight is 196 g/mol. The lowest BCUT2D eigenvalue weighted by Crippen LogP contribution is -2.28. The zero-order chi connectivity index (χ0) is 9.56. The summed E-state index contributed by atoms with van der Waals surface area (Å²) in [6.45, 7) is 0. The minimum absolute atomic E-state index is 0.135. The van der Waals surface area contributed by atoms with Crippen molar-refractivity contribution in [2.75, 3.05) is 19.1 Å². The van der Waals surface area contributed by atoms with Crippen molar-refractivity contribution in [1.29, 1.82) is 0 Å². The second kappa shape index (κ2) is 6.68. The zero-order valence-corrected chi connectivity index (χ0v) is 8.12. The number of aliphatic hydroxyl groups is 3. The molecular formula is C7H16O4S. The molecule has 3 N–H and O–H groups in total. The van der Waals surface area contributed by atoms with E-state index in [1.807, 2.05) is 6.26 Å². The van der Waals surface area contributed by atoms with Crippen molar-refractivity contribution < 1.29 is 20.1 Å². The van der Waals surface area contributed by atoms with Crippen LogP contribution in [0.15, 0.2) is 0 Å². The molecule has 4 nitrogen and oxygen atoms in total. The van der Waals surface area contributed by atoms with Crippen molar-refractivity contribution in [2.45, 2.75) is 19.0 Å². The standard InChI is InChI=1S/C7H16O4S/c1-11-7(10)5(4-12-2)3-6(8)9/h5-10H,3-4H2,1-2H3. The summed E-state index contributed by atoms with van der Waals surface area (Å²) in [6, 6.07) is 0. The van der Waals surface area contributed by atoms with Crippen LogP contribution in [0.1, 0.15) is 6.42 Å². The number of hydrogen-bond donors (Lipinski definition) is 3. The molecule has 0 radical (unpaired) electrons. The molecule has 12 heavy (non-hydrogen) atoms. The van der Waals surface area contributed by atoms with Gasteiger partial charge in [-0.2, -0.15) is 11.8 Å². The van der Waals surface area contributed by atoms with Gasteiger partial charge in [0.15, 0.2) is 12.6 Å². The first-order chi connectivity index (χ1) is 5.61. The second-order valence-electron chi connectivity index (χ2n) is 2.56. The lowest BCUT2D eigenvalue weighted by atomic mass is 10.1. The van der Waals surface area contributed by atoms with Crippen molar-refractivity contribution in [3.63, 3.8) is 0 Å². The number of ether oxygens (including phenoxy) is 1. The highest BCUT2D eigenvalue weighted by Crippen LogP contribution is 2.16. The van der Waals surface area contributed by atoms with E-state index in [-0.39, 0.29) is 12.3 Å². The Labute approximate surface area is 76.5 Å². The maximum Gasteiger partial charge on any atom is 0.157 e. The van der Waals surface area contributed by atoms with E-state index in [0.29, 0.717) is 5.75 Å². The van der Waals surface area contributed by atoms with Crippen molar-refractivity contribution in [3.05, 3.63) is 0 Å². The predicted octanol–water partition coefficient (Wildman–Crippen LogP) is -0.369. The molecule has 2 unspecified atom stereocenters. The van der Waals surface area contributed by atoms with E-state index in [2.05, 4.69) is 4.74 Å². The van der Waals surface area contributed by atoms with E-state index in [1.165, 1.54) is 18.9 Å². The molecule has 0 aliphatic rings. The van der Waals surface area contributed by atoms with Gasteiger partial charge in [0.1, 0.15) is 0 Å². The van der Waals surface area contributed by atoms with Gasteiger partial charge in [-0.3, -0.25) is 0 Å². The highest BCUT2D eigenvalue weighted by molar-refractivity contribution is 7.98. The van der Waals surface area contributed by atoms with Crippen molar-refractivity contribution in [2.24, 2.45) is 5.92 Å². The Hall–Kier alpha value is 0.190. The van der Waals surface area contributed by atoms with Gasteiger partial charge in [0.05, 0.1) is 0 Å². The van der Waals surface area contributed by atoms with Crippen LogP contribution in [0.5, 0.6) is 0 Å². The van der Waals surface area contributed by atoms with Crippen LogP contribution in [0.2, 0.25) is 0 Å². The quantitative estimate of drug-likeness (QED) is 0.506. The highest BCUT2D eigenvalue weighted by Gasteiger charge is 2.20. The monoisotopic (exact) mass is 196 g/mol. The van der Waals surface area contributed by atoms with E-state index < -0.39 is 12.6 Å². The van der Waals surface area contributed by atoms with Gasteiger partial charge in [-0.25, -0.2) is 0 Å². The van der Waals surface area contributed by atoms with E-state index >= 15 is 0 Å². The molecule has 0 aliphatic carbocycles. The fourth-order valence-corrected chi connectivity index (χ4v) is 1.67. The smallest absolute Gasteiger partial charge is 0.157 e. The molecule has 0 aromatic heterocycles. The zero-order valence-electron chi connectivity index (χ0n) is 7.30. The Bertz CT molecular complexity index is 110. The molecule has 5 heteroatoms. The molecule has 0 bridgehead atoms. The lowest BCUT2D eigenvalue weighted by Gasteiger charge is -2.21. The van der Waals surface area contributed by atoms with E-state index in [1.54, 1.807) is 0 Å². The van der Waals surface area contributed by atoms with Gasteiger partial charge in [0.25, 0.3) is 0 Å². The van der Waals surface area contributed by atoms with Crippen LogP contribution in [0.4, 0.5) is 0 Å². The normalized spacial score (nSPS) is 16.5. The summed E-state index contributed by atoms with van der Waals surface area (Å²) in [7, 11) is 1.39. The van der Waals surface area contributed by atoms with Gasteiger partial charge >= 0.3 is 0 Å². The Balaban J connectivity index is 3.84. The molecule has 0 saturated carbocycles. The van der Waals surface area contributed by atoms with Crippen LogP contribution in [-0.2, 0) is 4.74 Å².